The van der Waals surface area contributed by atoms with Crippen LogP contribution >= 0.6 is 0 Å². The number of anilines is 1. The van der Waals surface area contributed by atoms with Crippen LogP contribution in [0.5, 0.6) is 5.75 Å². The van der Waals surface area contributed by atoms with E-state index in [1.165, 1.54) is 9.87 Å². The van der Waals surface area contributed by atoms with Gasteiger partial charge in [-0.25, -0.2) is 0 Å². The molecule has 0 bridgehead atoms. The Morgan fingerprint density at radius 3 is 2.44 bits per heavy atom. The van der Waals surface area contributed by atoms with E-state index < -0.39 is 19.8 Å². The number of likely N-dealkylation sites (tertiary alicyclic amines) is 1. The molecule has 2 amide bonds. The summed E-state index contributed by atoms with van der Waals surface area (Å²) in [5.74, 6) is 0.344. The Hall–Kier alpha value is -5.10. The van der Waals surface area contributed by atoms with Crippen molar-refractivity contribution in [2.75, 3.05) is 25.2 Å². The van der Waals surface area contributed by atoms with Crippen LogP contribution in [0, 0.1) is 5.92 Å². The molecule has 1 spiro atoms. The Balaban J connectivity index is 1.14. The van der Waals surface area contributed by atoms with E-state index in [-0.39, 0.29) is 47.9 Å². The van der Waals surface area contributed by atoms with Gasteiger partial charge in [0, 0.05) is 23.4 Å². The number of methoxy groups -OCH3 is 1. The summed E-state index contributed by atoms with van der Waals surface area (Å²) >= 11 is 0. The van der Waals surface area contributed by atoms with Crippen LogP contribution in [0.2, 0.25) is 18.6 Å². The second-order valence-corrected chi connectivity index (χ2v) is 20.1. The number of aromatic nitrogens is 2. The number of aliphatic hydroxyl groups is 1. The van der Waals surface area contributed by atoms with Crippen LogP contribution in [0.1, 0.15) is 37.3 Å². The molecule has 8 rings (SSSR count). The third-order valence-electron chi connectivity index (χ3n) is 12.2. The number of nitrogens with zero attached hydrogens (tertiary/aromatic N) is 4. The SMILES string of the molecule is COc1ccc([Si](C)(C)[C@@H]2[C@@H](CC(=O)N3CCC[C@H]3CO)O[C@]3(C(=O)N(Cc4ccc(-n5ncc6ccccc6c5=O)cc4)c4ccccc43)[C@H]2C)cc1. The first kappa shape index (κ1) is 35.9. The van der Waals surface area contributed by atoms with Crippen molar-refractivity contribution in [1.82, 2.24) is 14.7 Å². The fourth-order valence-corrected chi connectivity index (χ4v) is 13.5. The Morgan fingerprint density at radius 1 is 0.981 bits per heavy atom. The van der Waals surface area contributed by atoms with Crippen LogP contribution in [0.25, 0.3) is 16.5 Å². The molecule has 0 radical (unpaired) electrons. The Morgan fingerprint density at radius 2 is 1.70 bits per heavy atom. The molecule has 278 valence electrons. The highest BCUT2D eigenvalue weighted by Gasteiger charge is 2.66. The van der Waals surface area contributed by atoms with Crippen LogP contribution in [-0.2, 0) is 26.5 Å². The molecule has 10 nitrogen and oxygen atoms in total. The Bertz CT molecular complexity index is 2280. The average molecular weight is 743 g/mol. The molecule has 1 aromatic heterocycles. The first-order chi connectivity index (χ1) is 26.1. The lowest BCUT2D eigenvalue weighted by Gasteiger charge is -2.37. The lowest BCUT2D eigenvalue weighted by Crippen LogP contribution is -2.52. The lowest BCUT2D eigenvalue weighted by molar-refractivity contribution is -0.150. The number of amides is 2. The molecule has 4 heterocycles. The van der Waals surface area contributed by atoms with Gasteiger partial charge in [-0.05, 0) is 60.3 Å². The zero-order chi connectivity index (χ0) is 37.8. The molecule has 4 aromatic carbocycles. The van der Waals surface area contributed by atoms with Crippen molar-refractivity contribution in [1.29, 1.82) is 0 Å². The maximum atomic E-state index is 15.2. The van der Waals surface area contributed by atoms with Gasteiger partial charge in [-0.3, -0.25) is 14.4 Å². The fourth-order valence-electron chi connectivity index (χ4n) is 9.47. The van der Waals surface area contributed by atoms with E-state index in [0.29, 0.717) is 24.2 Å². The molecule has 54 heavy (non-hydrogen) atoms. The summed E-state index contributed by atoms with van der Waals surface area (Å²) in [4.78, 5) is 46.1. The van der Waals surface area contributed by atoms with E-state index in [2.05, 4.69) is 37.2 Å². The van der Waals surface area contributed by atoms with Gasteiger partial charge in [0.2, 0.25) is 5.91 Å². The third kappa shape index (κ3) is 5.77. The summed E-state index contributed by atoms with van der Waals surface area (Å²) in [5.41, 5.74) is 1.56. The predicted molar refractivity (Wildman–Crippen MR) is 211 cm³/mol. The summed E-state index contributed by atoms with van der Waals surface area (Å²) < 4.78 is 14.0. The number of benzene rings is 4. The minimum atomic E-state index is -2.45. The van der Waals surface area contributed by atoms with E-state index >= 15 is 4.79 Å². The highest BCUT2D eigenvalue weighted by Crippen LogP contribution is 2.60. The Kier molecular flexibility index (Phi) is 9.27. The summed E-state index contributed by atoms with van der Waals surface area (Å²) in [7, 11) is -0.793. The molecule has 1 N–H and O–H groups in total. The molecule has 0 saturated carbocycles. The van der Waals surface area contributed by atoms with Crippen LogP contribution in [0.15, 0.2) is 108 Å². The summed E-state index contributed by atoms with van der Waals surface area (Å²) in [6.45, 7) is 7.59. The van der Waals surface area contributed by atoms with E-state index in [9.17, 15) is 14.7 Å². The molecule has 0 unspecified atom stereocenters. The number of ether oxygens (including phenoxy) is 2. The minimum absolute atomic E-state index is 0.0407. The van der Waals surface area contributed by atoms with Crippen molar-refractivity contribution in [2.45, 2.75) is 69.1 Å². The monoisotopic (exact) mass is 742 g/mol. The van der Waals surface area contributed by atoms with Crippen molar-refractivity contribution in [3.8, 4) is 11.4 Å². The zero-order valence-electron chi connectivity index (χ0n) is 31.1. The second kappa shape index (κ2) is 14.0. The molecule has 2 fully saturated rings. The molecule has 3 aliphatic rings. The molecule has 5 aromatic rings. The molecule has 11 heteroatoms. The van der Waals surface area contributed by atoms with Gasteiger partial charge >= 0.3 is 0 Å². The number of rotatable bonds is 9. The number of aliphatic hydroxyl groups excluding tert-OH is 1. The van der Waals surface area contributed by atoms with Gasteiger partial charge in [0.25, 0.3) is 11.5 Å². The maximum absolute atomic E-state index is 15.2. The van der Waals surface area contributed by atoms with Gasteiger partial charge in [0.15, 0.2) is 5.60 Å². The fraction of sp³-hybridized carbons (Fsp3) is 0.349. The normalized spacial score (nSPS) is 23.8. The minimum Gasteiger partial charge on any atom is -0.497 e. The van der Waals surface area contributed by atoms with Crippen molar-refractivity contribution in [2.24, 2.45) is 5.92 Å². The van der Waals surface area contributed by atoms with Crippen molar-refractivity contribution < 1.29 is 24.2 Å². The van der Waals surface area contributed by atoms with Gasteiger partial charge in [-0.2, -0.15) is 9.78 Å². The van der Waals surface area contributed by atoms with Gasteiger partial charge in [-0.15, -0.1) is 0 Å². The maximum Gasteiger partial charge on any atom is 0.279 e. The van der Waals surface area contributed by atoms with Gasteiger partial charge < -0.3 is 24.4 Å². The number of carbonyl (C=O) groups is 2. The van der Waals surface area contributed by atoms with Crippen LogP contribution in [0.4, 0.5) is 5.69 Å². The molecule has 3 aliphatic heterocycles. The number of fused-ring (bicyclic) bond motifs is 3. The first-order valence-corrected chi connectivity index (χ1v) is 21.9. The smallest absolute Gasteiger partial charge is 0.279 e. The van der Waals surface area contributed by atoms with E-state index in [1.807, 2.05) is 83.8 Å². The average Bonchev–Trinajstić information content (AvgIpc) is 3.86. The van der Waals surface area contributed by atoms with Gasteiger partial charge in [0.1, 0.15) is 5.75 Å². The molecular formula is C43H46N4O6Si. The van der Waals surface area contributed by atoms with Gasteiger partial charge in [0.05, 0.1) is 69.9 Å². The number of carbonyl (C=O) groups excluding carboxylic acids is 2. The second-order valence-electron chi connectivity index (χ2n) is 15.5. The molecular weight excluding hydrogens is 697 g/mol. The van der Waals surface area contributed by atoms with Crippen LogP contribution in [-0.4, -0.2) is 72.1 Å². The third-order valence-corrected chi connectivity index (χ3v) is 16.6. The Labute approximate surface area is 315 Å². The standard InChI is InChI=1S/C43H46N4O6Si/c1-28-40(54(3,4)34-21-19-33(52-2)20-22-34)38(24-39(49)45-23-9-11-32(45)27-48)53-43(28)36-13-7-8-14-37(36)46(42(43)51)26-29-15-17-31(18-16-29)47-41(50)35-12-6-5-10-30(35)25-44-47/h5-8,10,12-22,25,28,32,38,40,48H,9,11,23-24,26-27H2,1-4H3/t28-,32-,38+,40-,43+/m0/s1. The highest BCUT2D eigenvalue weighted by atomic mass is 28.3. The van der Waals surface area contributed by atoms with Crippen molar-refractivity contribution in [3.63, 3.8) is 0 Å². The zero-order valence-corrected chi connectivity index (χ0v) is 32.1. The molecule has 0 aliphatic carbocycles. The predicted octanol–water partition coefficient (Wildman–Crippen LogP) is 5.53. The quantitative estimate of drug-likeness (QED) is 0.198. The van der Waals surface area contributed by atoms with E-state index in [4.69, 9.17) is 9.47 Å². The number of hydrogen-bond acceptors (Lipinski definition) is 7. The molecule has 2 saturated heterocycles. The summed E-state index contributed by atoms with van der Waals surface area (Å²) in [5, 5.41) is 17.0. The summed E-state index contributed by atoms with van der Waals surface area (Å²) in [6, 6.07) is 30.8. The van der Waals surface area contributed by atoms with E-state index in [1.54, 1.807) is 24.3 Å². The van der Waals surface area contributed by atoms with Crippen molar-refractivity contribution >= 4 is 41.5 Å². The van der Waals surface area contributed by atoms with Gasteiger partial charge in [-0.1, -0.05) is 85.9 Å². The van der Waals surface area contributed by atoms with Crippen molar-refractivity contribution in [3.05, 3.63) is 125 Å². The summed E-state index contributed by atoms with van der Waals surface area (Å²) in [6.07, 6.45) is 2.95. The number of hydrogen-bond donors (Lipinski definition) is 1. The number of para-hydroxylation sites is 1. The van der Waals surface area contributed by atoms with Crippen LogP contribution < -0.4 is 20.4 Å². The molecule has 5 atom stereocenters. The van der Waals surface area contributed by atoms with E-state index in [0.717, 1.165) is 40.8 Å². The highest BCUT2D eigenvalue weighted by molar-refractivity contribution is 6.91. The first-order valence-electron chi connectivity index (χ1n) is 18.8. The largest absolute Gasteiger partial charge is 0.497 e. The lowest BCUT2D eigenvalue weighted by atomic mass is 9.82. The van der Waals surface area contributed by atoms with Crippen LogP contribution in [0.3, 0.4) is 0 Å². The topological polar surface area (TPSA) is 114 Å².